The highest BCUT2D eigenvalue weighted by molar-refractivity contribution is 6.35. The number of carboxylic acid groups (broad SMARTS) is 1. The van der Waals surface area contributed by atoms with Crippen molar-refractivity contribution >= 4 is 46.8 Å². The van der Waals surface area contributed by atoms with Gasteiger partial charge in [-0.1, -0.05) is 23.2 Å². The SMILES string of the molecule is NC(=O)CC(NC(=O)Nc1cc(Cl)ccc1Cl)C(=O)O. The number of anilines is 1. The molecule has 0 radical (unpaired) electrons. The third-order valence-electron chi connectivity index (χ3n) is 2.19. The van der Waals surface area contributed by atoms with Crippen molar-refractivity contribution in [2.24, 2.45) is 5.73 Å². The Kier molecular flexibility index (Phi) is 5.60. The van der Waals surface area contributed by atoms with Crippen LogP contribution in [0.25, 0.3) is 0 Å². The molecule has 108 valence electrons. The average Bonchev–Trinajstić information content (AvgIpc) is 2.32. The molecule has 1 aromatic carbocycles. The average molecular weight is 320 g/mol. The first-order valence-electron chi connectivity index (χ1n) is 5.33. The van der Waals surface area contributed by atoms with Gasteiger partial charge in [0.2, 0.25) is 5.91 Å². The number of carbonyl (C=O) groups excluding carboxylic acids is 2. The Balaban J connectivity index is 2.72. The molecule has 0 fully saturated rings. The molecule has 0 aliphatic heterocycles. The van der Waals surface area contributed by atoms with Crippen molar-refractivity contribution < 1.29 is 19.5 Å². The lowest BCUT2D eigenvalue weighted by molar-refractivity contribution is -0.140. The normalized spacial score (nSPS) is 11.5. The Morgan fingerprint density at radius 1 is 1.30 bits per heavy atom. The van der Waals surface area contributed by atoms with E-state index in [0.29, 0.717) is 5.02 Å². The molecule has 1 rings (SSSR count). The maximum absolute atomic E-state index is 11.6. The van der Waals surface area contributed by atoms with Crippen LogP contribution in [0, 0.1) is 0 Å². The van der Waals surface area contributed by atoms with Crippen molar-refractivity contribution in [1.29, 1.82) is 0 Å². The predicted octanol–water partition coefficient (Wildman–Crippen LogP) is 1.44. The molecule has 0 saturated carbocycles. The fourth-order valence-electron chi connectivity index (χ4n) is 1.31. The number of hydrogen-bond donors (Lipinski definition) is 4. The largest absolute Gasteiger partial charge is 0.480 e. The molecule has 9 heteroatoms. The molecule has 0 spiro atoms. The second-order valence-electron chi connectivity index (χ2n) is 3.78. The van der Waals surface area contributed by atoms with Gasteiger partial charge in [0, 0.05) is 5.02 Å². The number of benzene rings is 1. The van der Waals surface area contributed by atoms with Crippen LogP contribution in [0.4, 0.5) is 10.5 Å². The van der Waals surface area contributed by atoms with Crippen molar-refractivity contribution in [3.05, 3.63) is 28.2 Å². The van der Waals surface area contributed by atoms with Gasteiger partial charge < -0.3 is 21.5 Å². The molecular formula is C11H11Cl2N3O4. The van der Waals surface area contributed by atoms with Gasteiger partial charge in [0.15, 0.2) is 0 Å². The number of carbonyl (C=O) groups is 3. The molecule has 7 nitrogen and oxygen atoms in total. The van der Waals surface area contributed by atoms with E-state index >= 15 is 0 Å². The van der Waals surface area contributed by atoms with Crippen molar-refractivity contribution in [3.63, 3.8) is 0 Å². The van der Waals surface area contributed by atoms with E-state index in [9.17, 15) is 14.4 Å². The van der Waals surface area contributed by atoms with Crippen molar-refractivity contribution in [3.8, 4) is 0 Å². The number of nitrogens with one attached hydrogen (secondary N) is 2. The number of urea groups is 1. The summed E-state index contributed by atoms with van der Waals surface area (Å²) in [4.78, 5) is 33.2. The summed E-state index contributed by atoms with van der Waals surface area (Å²) in [5.41, 5.74) is 5.10. The van der Waals surface area contributed by atoms with Crippen molar-refractivity contribution in [1.82, 2.24) is 5.32 Å². The van der Waals surface area contributed by atoms with Gasteiger partial charge >= 0.3 is 12.0 Å². The quantitative estimate of drug-likeness (QED) is 0.656. The van der Waals surface area contributed by atoms with Gasteiger partial charge in [-0.25, -0.2) is 9.59 Å². The monoisotopic (exact) mass is 319 g/mol. The molecule has 0 aromatic heterocycles. The molecule has 1 unspecified atom stereocenters. The van der Waals surface area contributed by atoms with Crippen molar-refractivity contribution in [2.45, 2.75) is 12.5 Å². The second kappa shape index (κ2) is 6.97. The number of primary amides is 1. The Hall–Kier alpha value is -1.99. The topological polar surface area (TPSA) is 122 Å². The molecular weight excluding hydrogens is 309 g/mol. The lowest BCUT2D eigenvalue weighted by Crippen LogP contribution is -2.45. The van der Waals surface area contributed by atoms with Gasteiger partial charge in [-0.05, 0) is 18.2 Å². The van der Waals surface area contributed by atoms with Crippen LogP contribution < -0.4 is 16.4 Å². The van der Waals surface area contributed by atoms with Gasteiger partial charge in [-0.3, -0.25) is 4.79 Å². The van der Waals surface area contributed by atoms with E-state index in [1.807, 2.05) is 0 Å². The van der Waals surface area contributed by atoms with E-state index < -0.39 is 30.4 Å². The van der Waals surface area contributed by atoms with E-state index in [-0.39, 0.29) is 10.7 Å². The third-order valence-corrected chi connectivity index (χ3v) is 2.75. The molecule has 5 N–H and O–H groups in total. The maximum atomic E-state index is 11.6. The predicted molar refractivity (Wildman–Crippen MR) is 73.9 cm³/mol. The Morgan fingerprint density at radius 2 is 1.95 bits per heavy atom. The first kappa shape index (κ1) is 16.1. The summed E-state index contributed by atoms with van der Waals surface area (Å²) in [7, 11) is 0. The van der Waals surface area contributed by atoms with Gasteiger partial charge in [0.05, 0.1) is 17.1 Å². The Bertz CT molecular complexity index is 550. The smallest absolute Gasteiger partial charge is 0.326 e. The highest BCUT2D eigenvalue weighted by Gasteiger charge is 2.22. The highest BCUT2D eigenvalue weighted by Crippen LogP contribution is 2.25. The van der Waals surface area contributed by atoms with E-state index in [0.717, 1.165) is 0 Å². The number of nitrogens with two attached hydrogens (primary N) is 1. The van der Waals surface area contributed by atoms with Crippen LogP contribution in [0.2, 0.25) is 10.0 Å². The summed E-state index contributed by atoms with van der Waals surface area (Å²) in [5, 5.41) is 13.8. The minimum absolute atomic E-state index is 0.208. The number of halogens is 2. The summed E-state index contributed by atoms with van der Waals surface area (Å²) >= 11 is 11.6. The Labute approximate surface area is 124 Å². The molecule has 0 bridgehead atoms. The maximum Gasteiger partial charge on any atom is 0.326 e. The minimum atomic E-state index is -1.43. The fraction of sp³-hybridized carbons (Fsp3) is 0.182. The summed E-state index contributed by atoms with van der Waals surface area (Å²) in [6.07, 6.45) is -0.522. The summed E-state index contributed by atoms with van der Waals surface area (Å²) < 4.78 is 0. The summed E-state index contributed by atoms with van der Waals surface area (Å²) in [5.74, 6) is -2.23. The molecule has 0 saturated heterocycles. The van der Waals surface area contributed by atoms with E-state index in [2.05, 4.69) is 10.6 Å². The molecule has 0 aliphatic rings. The molecule has 0 aliphatic carbocycles. The van der Waals surface area contributed by atoms with Crippen molar-refractivity contribution in [2.75, 3.05) is 5.32 Å². The zero-order valence-electron chi connectivity index (χ0n) is 10.0. The molecule has 3 amide bonds. The fourth-order valence-corrected chi connectivity index (χ4v) is 1.65. The number of carboxylic acids is 1. The lowest BCUT2D eigenvalue weighted by Gasteiger charge is -2.14. The zero-order chi connectivity index (χ0) is 15.3. The second-order valence-corrected chi connectivity index (χ2v) is 4.63. The first-order chi connectivity index (χ1) is 9.29. The number of rotatable bonds is 5. The number of aliphatic carboxylic acids is 1. The van der Waals surface area contributed by atoms with Crippen LogP contribution in [0.1, 0.15) is 6.42 Å². The minimum Gasteiger partial charge on any atom is -0.480 e. The van der Waals surface area contributed by atoms with Crippen LogP contribution >= 0.6 is 23.2 Å². The van der Waals surface area contributed by atoms with Gasteiger partial charge in [-0.2, -0.15) is 0 Å². The molecule has 1 atom stereocenters. The van der Waals surface area contributed by atoms with Crippen LogP contribution in [0.3, 0.4) is 0 Å². The highest BCUT2D eigenvalue weighted by atomic mass is 35.5. The van der Waals surface area contributed by atoms with E-state index in [1.165, 1.54) is 18.2 Å². The number of amides is 3. The number of hydrogen-bond acceptors (Lipinski definition) is 3. The van der Waals surface area contributed by atoms with Gasteiger partial charge in [0.1, 0.15) is 6.04 Å². The summed E-state index contributed by atoms with van der Waals surface area (Å²) in [6.45, 7) is 0. The zero-order valence-corrected chi connectivity index (χ0v) is 11.5. The third kappa shape index (κ3) is 4.94. The summed E-state index contributed by atoms with van der Waals surface area (Å²) in [6, 6.07) is 2.12. The molecule has 20 heavy (non-hydrogen) atoms. The standard InChI is InChI=1S/C11H11Cl2N3O4/c12-5-1-2-6(13)7(3-5)15-11(20)16-8(10(18)19)4-9(14)17/h1-3,8H,4H2,(H2,14,17)(H,18,19)(H2,15,16,20). The van der Waals surface area contributed by atoms with Crippen LogP contribution in [0.15, 0.2) is 18.2 Å². The van der Waals surface area contributed by atoms with Gasteiger partial charge in [0.25, 0.3) is 0 Å². The molecule has 0 heterocycles. The Morgan fingerprint density at radius 3 is 2.50 bits per heavy atom. The van der Waals surface area contributed by atoms with Crippen LogP contribution in [-0.2, 0) is 9.59 Å². The van der Waals surface area contributed by atoms with E-state index in [4.69, 9.17) is 34.0 Å². The van der Waals surface area contributed by atoms with Crippen LogP contribution in [0.5, 0.6) is 0 Å². The van der Waals surface area contributed by atoms with E-state index in [1.54, 1.807) is 0 Å². The lowest BCUT2D eigenvalue weighted by atomic mass is 10.2. The van der Waals surface area contributed by atoms with Gasteiger partial charge in [-0.15, -0.1) is 0 Å². The molecule has 1 aromatic rings. The van der Waals surface area contributed by atoms with Crippen LogP contribution in [-0.4, -0.2) is 29.1 Å². The first-order valence-corrected chi connectivity index (χ1v) is 6.09.